The molecule has 0 radical (unpaired) electrons. The lowest BCUT2D eigenvalue weighted by Gasteiger charge is -2.05. The smallest absolute Gasteiger partial charge is 0.253 e. The molecule has 4 N–H and O–H groups in total. The molecule has 6 nitrogen and oxygen atoms in total. The van der Waals surface area contributed by atoms with E-state index in [1.54, 1.807) is 6.20 Å². The Balaban J connectivity index is 2.16. The van der Waals surface area contributed by atoms with Gasteiger partial charge in [0.2, 0.25) is 0 Å². The summed E-state index contributed by atoms with van der Waals surface area (Å²) in [5, 5.41) is 3.67. The third-order valence-electron chi connectivity index (χ3n) is 2.24. The Morgan fingerprint density at radius 3 is 3.05 bits per heavy atom. The van der Waals surface area contributed by atoms with E-state index in [0.717, 1.165) is 23.7 Å². The molecule has 2 rings (SSSR count). The highest BCUT2D eigenvalue weighted by molar-refractivity contribution is 7.99. The van der Waals surface area contributed by atoms with Gasteiger partial charge in [0.15, 0.2) is 5.16 Å². The molecule has 0 atom stereocenters. The third kappa shape index (κ3) is 3.99. The van der Waals surface area contributed by atoms with Crippen LogP contribution in [-0.2, 0) is 0 Å². The normalized spacial score (nSPS) is 10.4. The highest BCUT2D eigenvalue weighted by Crippen LogP contribution is 2.25. The first-order chi connectivity index (χ1) is 9.17. The Morgan fingerprint density at radius 2 is 2.32 bits per heavy atom. The van der Waals surface area contributed by atoms with E-state index >= 15 is 0 Å². The first kappa shape index (κ1) is 13.4. The summed E-state index contributed by atoms with van der Waals surface area (Å²) in [7, 11) is 0. The summed E-state index contributed by atoms with van der Waals surface area (Å²) in [5.74, 6) is 1.02. The number of rotatable bonds is 5. The molecule has 0 fully saturated rings. The van der Waals surface area contributed by atoms with Crippen molar-refractivity contribution in [2.24, 2.45) is 0 Å². The minimum Gasteiger partial charge on any atom is -0.383 e. The molecule has 0 saturated heterocycles. The Kier molecular flexibility index (Phi) is 4.40. The quantitative estimate of drug-likeness (QED) is 0.720. The van der Waals surface area contributed by atoms with Gasteiger partial charge in [-0.3, -0.25) is 4.79 Å². The number of aromatic amines is 1. The van der Waals surface area contributed by atoms with E-state index in [2.05, 4.69) is 27.2 Å². The molecule has 0 unspecified atom stereocenters. The zero-order chi connectivity index (χ0) is 13.7. The molecule has 0 amide bonds. The average Bonchev–Trinajstić information content (AvgIpc) is 2.35. The summed E-state index contributed by atoms with van der Waals surface area (Å²) in [4.78, 5) is 23.1. The zero-order valence-corrected chi connectivity index (χ0v) is 11.3. The summed E-state index contributed by atoms with van der Waals surface area (Å²) >= 11 is 1.34. The van der Waals surface area contributed by atoms with Gasteiger partial charge in [-0.15, -0.1) is 0 Å². The fourth-order valence-corrected chi connectivity index (χ4v) is 2.26. The molecule has 7 heteroatoms. The highest BCUT2D eigenvalue weighted by Gasteiger charge is 2.03. The van der Waals surface area contributed by atoms with Crippen molar-refractivity contribution in [1.82, 2.24) is 15.0 Å². The summed E-state index contributed by atoms with van der Waals surface area (Å²) in [6.45, 7) is 2.96. The standard InChI is InChI=1S/C12H15N5OS/c1-2-4-14-10-6-8(3-5-15-10)19-12-16-9(13)7-11(18)17-12/h3,5-7H,2,4H2,1H3,(H,14,15)(H3,13,16,17,18). The molecule has 0 saturated carbocycles. The minimum absolute atomic E-state index is 0.213. The predicted molar refractivity (Wildman–Crippen MR) is 76.4 cm³/mol. The number of nitrogens with two attached hydrogens (primary N) is 1. The van der Waals surface area contributed by atoms with Crippen molar-refractivity contribution in [1.29, 1.82) is 0 Å². The molecule has 0 bridgehead atoms. The second kappa shape index (κ2) is 6.24. The number of hydrogen-bond donors (Lipinski definition) is 3. The summed E-state index contributed by atoms with van der Waals surface area (Å²) in [6, 6.07) is 5.01. The van der Waals surface area contributed by atoms with E-state index in [4.69, 9.17) is 5.73 Å². The lowest BCUT2D eigenvalue weighted by atomic mass is 10.4. The minimum atomic E-state index is -0.256. The number of pyridine rings is 1. The predicted octanol–water partition coefficient (Wildman–Crippen LogP) is 1.72. The van der Waals surface area contributed by atoms with Crippen LogP contribution >= 0.6 is 11.8 Å². The molecule has 0 aromatic carbocycles. The van der Waals surface area contributed by atoms with Crippen LogP contribution in [0.15, 0.2) is 39.2 Å². The van der Waals surface area contributed by atoms with Crippen LogP contribution in [0.4, 0.5) is 11.6 Å². The van der Waals surface area contributed by atoms with E-state index < -0.39 is 0 Å². The average molecular weight is 277 g/mol. The topological polar surface area (TPSA) is 96.7 Å². The molecule has 2 aromatic rings. The molecule has 100 valence electrons. The Labute approximate surface area is 114 Å². The van der Waals surface area contributed by atoms with Gasteiger partial charge in [-0.1, -0.05) is 18.7 Å². The Hall–Kier alpha value is -2.02. The maximum absolute atomic E-state index is 11.3. The van der Waals surface area contributed by atoms with Crippen LogP contribution in [-0.4, -0.2) is 21.5 Å². The monoisotopic (exact) mass is 277 g/mol. The van der Waals surface area contributed by atoms with E-state index in [1.165, 1.54) is 17.8 Å². The SMILES string of the molecule is CCCNc1cc(Sc2nc(N)cc(=O)[nH]2)ccn1. The number of anilines is 2. The number of aromatic nitrogens is 3. The number of H-pyrrole nitrogens is 1. The van der Waals surface area contributed by atoms with Crippen molar-refractivity contribution in [3.8, 4) is 0 Å². The van der Waals surface area contributed by atoms with Crippen LogP contribution in [0.1, 0.15) is 13.3 Å². The first-order valence-corrected chi connectivity index (χ1v) is 6.73. The number of hydrogen-bond acceptors (Lipinski definition) is 6. The van der Waals surface area contributed by atoms with E-state index in [1.807, 2.05) is 12.1 Å². The van der Waals surface area contributed by atoms with Crippen molar-refractivity contribution in [3.63, 3.8) is 0 Å². The van der Waals surface area contributed by atoms with Gasteiger partial charge in [0.05, 0.1) is 0 Å². The van der Waals surface area contributed by atoms with Gasteiger partial charge < -0.3 is 16.0 Å². The van der Waals surface area contributed by atoms with E-state index in [-0.39, 0.29) is 11.4 Å². The van der Waals surface area contributed by atoms with Crippen molar-refractivity contribution in [3.05, 3.63) is 34.7 Å². The van der Waals surface area contributed by atoms with Crippen LogP contribution in [0, 0.1) is 0 Å². The van der Waals surface area contributed by atoms with Crippen molar-refractivity contribution in [2.45, 2.75) is 23.4 Å². The highest BCUT2D eigenvalue weighted by atomic mass is 32.2. The van der Waals surface area contributed by atoms with Gasteiger partial charge in [0.1, 0.15) is 11.6 Å². The molecule has 0 aliphatic rings. The Bertz CT molecular complexity index is 613. The molecular weight excluding hydrogens is 262 g/mol. The van der Waals surface area contributed by atoms with E-state index in [0.29, 0.717) is 5.16 Å². The second-order valence-corrected chi connectivity index (χ2v) is 4.94. The summed E-state index contributed by atoms with van der Waals surface area (Å²) < 4.78 is 0. The second-order valence-electron chi connectivity index (χ2n) is 3.88. The van der Waals surface area contributed by atoms with Gasteiger partial charge in [-0.2, -0.15) is 0 Å². The number of nitrogens with one attached hydrogen (secondary N) is 2. The lowest BCUT2D eigenvalue weighted by molar-refractivity contribution is 0.944. The molecule has 19 heavy (non-hydrogen) atoms. The largest absolute Gasteiger partial charge is 0.383 e. The van der Waals surface area contributed by atoms with Crippen molar-refractivity contribution < 1.29 is 0 Å². The fraction of sp³-hybridized carbons (Fsp3) is 0.250. The van der Waals surface area contributed by atoms with Crippen molar-refractivity contribution in [2.75, 3.05) is 17.6 Å². The van der Waals surface area contributed by atoms with Gasteiger partial charge in [-0.25, -0.2) is 9.97 Å². The van der Waals surface area contributed by atoms with Crippen LogP contribution in [0.3, 0.4) is 0 Å². The van der Waals surface area contributed by atoms with Gasteiger partial charge in [0.25, 0.3) is 5.56 Å². The van der Waals surface area contributed by atoms with Crippen LogP contribution < -0.4 is 16.6 Å². The van der Waals surface area contributed by atoms with Gasteiger partial charge in [0, 0.05) is 23.7 Å². The zero-order valence-electron chi connectivity index (χ0n) is 10.5. The fourth-order valence-electron chi connectivity index (χ4n) is 1.44. The number of nitrogens with zero attached hydrogens (tertiary/aromatic N) is 2. The van der Waals surface area contributed by atoms with Crippen LogP contribution in [0.2, 0.25) is 0 Å². The maximum Gasteiger partial charge on any atom is 0.253 e. The lowest BCUT2D eigenvalue weighted by Crippen LogP contribution is -2.09. The molecule has 0 aliphatic heterocycles. The number of nitrogen functional groups attached to an aromatic ring is 1. The van der Waals surface area contributed by atoms with Crippen LogP contribution in [0.5, 0.6) is 0 Å². The Morgan fingerprint density at radius 1 is 1.47 bits per heavy atom. The molecule has 2 heterocycles. The van der Waals surface area contributed by atoms with Crippen LogP contribution in [0.25, 0.3) is 0 Å². The summed E-state index contributed by atoms with van der Waals surface area (Å²) in [6.07, 6.45) is 2.74. The van der Waals surface area contributed by atoms with E-state index in [9.17, 15) is 4.79 Å². The molecule has 2 aromatic heterocycles. The third-order valence-corrected chi connectivity index (χ3v) is 3.12. The maximum atomic E-state index is 11.3. The summed E-state index contributed by atoms with van der Waals surface area (Å²) in [5.41, 5.74) is 5.28. The van der Waals surface area contributed by atoms with Crippen molar-refractivity contribution >= 4 is 23.4 Å². The molecule has 0 spiro atoms. The molecule has 0 aliphatic carbocycles. The van der Waals surface area contributed by atoms with Gasteiger partial charge >= 0.3 is 0 Å². The van der Waals surface area contributed by atoms with Gasteiger partial charge in [-0.05, 0) is 18.6 Å². The first-order valence-electron chi connectivity index (χ1n) is 5.92. The molecular formula is C12H15N5OS.